The molecule has 7 nitrogen and oxygen atoms in total. The Bertz CT molecular complexity index is 820. The second-order valence-electron chi connectivity index (χ2n) is 8.05. The number of thioether (sulfide) groups is 1. The van der Waals surface area contributed by atoms with E-state index in [1.807, 2.05) is 43.3 Å². The van der Waals surface area contributed by atoms with Crippen LogP contribution in [0.25, 0.3) is 0 Å². The maximum absolute atomic E-state index is 12.0. The molecule has 30 heavy (non-hydrogen) atoms. The first-order valence-corrected chi connectivity index (χ1v) is 10.9. The summed E-state index contributed by atoms with van der Waals surface area (Å²) in [6.07, 6.45) is 1.62. The molecule has 2 aromatic rings. The molecule has 0 fully saturated rings. The van der Waals surface area contributed by atoms with Gasteiger partial charge in [-0.3, -0.25) is 0 Å². The maximum Gasteiger partial charge on any atom is 0.514 e. The summed E-state index contributed by atoms with van der Waals surface area (Å²) in [5, 5.41) is 0.562. The summed E-state index contributed by atoms with van der Waals surface area (Å²) < 4.78 is 16.3. The number of carbonyl (C=O) groups excluding carboxylic acids is 1. The number of hydrogen-bond acceptors (Lipinski definition) is 8. The van der Waals surface area contributed by atoms with Crippen LogP contribution in [0.1, 0.15) is 39.7 Å². The molecule has 0 amide bonds. The summed E-state index contributed by atoms with van der Waals surface area (Å²) in [5.41, 5.74) is 1.24. The molecule has 0 aliphatic heterocycles. The molecule has 0 atom stereocenters. The molecule has 0 aliphatic carbocycles. The van der Waals surface area contributed by atoms with Gasteiger partial charge in [0.05, 0.1) is 6.20 Å². The molecule has 0 unspecified atom stereocenters. The molecule has 0 N–H and O–H groups in total. The van der Waals surface area contributed by atoms with E-state index >= 15 is 0 Å². The highest BCUT2D eigenvalue weighted by Gasteiger charge is 2.18. The van der Waals surface area contributed by atoms with Crippen LogP contribution in [0.3, 0.4) is 0 Å². The fourth-order valence-electron chi connectivity index (χ4n) is 2.31. The maximum atomic E-state index is 12.0. The zero-order valence-electron chi connectivity index (χ0n) is 18.6. The molecule has 0 saturated carbocycles. The van der Waals surface area contributed by atoms with Gasteiger partial charge < -0.3 is 19.1 Å². The van der Waals surface area contributed by atoms with Crippen LogP contribution in [0.2, 0.25) is 0 Å². The van der Waals surface area contributed by atoms with Crippen LogP contribution in [0.15, 0.2) is 35.6 Å². The summed E-state index contributed by atoms with van der Waals surface area (Å²) in [6.45, 7) is 9.36. The Balaban J connectivity index is 2.18. The zero-order chi connectivity index (χ0) is 22.1. The topological polar surface area (TPSA) is 73.8 Å². The first-order chi connectivity index (χ1) is 14.2. The molecule has 1 aromatic carbocycles. The van der Waals surface area contributed by atoms with Gasteiger partial charge in [0.1, 0.15) is 12.4 Å². The predicted octanol–water partition coefficient (Wildman–Crippen LogP) is 5.15. The predicted molar refractivity (Wildman–Crippen MR) is 119 cm³/mol. The van der Waals surface area contributed by atoms with Gasteiger partial charge >= 0.3 is 6.16 Å². The molecule has 0 bridgehead atoms. The lowest BCUT2D eigenvalue weighted by molar-refractivity contribution is 0.0914. The molecular formula is C22H31N3O4S. The van der Waals surface area contributed by atoms with Gasteiger partial charge in [0.2, 0.25) is 5.75 Å². The van der Waals surface area contributed by atoms with Crippen molar-refractivity contribution in [3.63, 3.8) is 0 Å². The van der Waals surface area contributed by atoms with Crippen molar-refractivity contribution in [1.82, 2.24) is 14.9 Å². The van der Waals surface area contributed by atoms with Gasteiger partial charge in [-0.05, 0) is 43.6 Å². The van der Waals surface area contributed by atoms with E-state index in [1.54, 1.807) is 0 Å². The van der Waals surface area contributed by atoms with Gasteiger partial charge in [0, 0.05) is 12.3 Å². The van der Waals surface area contributed by atoms with Crippen molar-refractivity contribution in [2.45, 2.75) is 44.7 Å². The first kappa shape index (κ1) is 24.0. The minimum atomic E-state index is -0.817. The summed E-state index contributed by atoms with van der Waals surface area (Å²) in [5.74, 6) is 1.77. The molecule has 2 rings (SSSR count). The highest BCUT2D eigenvalue weighted by Crippen LogP contribution is 2.32. The number of hydrogen-bond donors (Lipinski definition) is 0. The molecule has 164 valence electrons. The number of aromatic nitrogens is 2. The molecule has 0 radical (unpaired) electrons. The molecule has 1 heterocycles. The summed E-state index contributed by atoms with van der Waals surface area (Å²) in [4.78, 5) is 22.6. The van der Waals surface area contributed by atoms with Gasteiger partial charge in [-0.2, -0.15) is 4.98 Å². The van der Waals surface area contributed by atoms with Crippen molar-refractivity contribution in [2.24, 2.45) is 0 Å². The van der Waals surface area contributed by atoms with Crippen LogP contribution in [-0.2, 0) is 10.2 Å². The second-order valence-corrected chi connectivity index (χ2v) is 9.11. The van der Waals surface area contributed by atoms with Crippen LogP contribution in [0, 0.1) is 0 Å². The van der Waals surface area contributed by atoms with E-state index in [-0.39, 0.29) is 23.7 Å². The SMILES string of the molecule is CCCSc1ncc(OC(=O)OCCN(C)C)c(Oc2ccc(C(C)(C)C)cc2)n1. The Morgan fingerprint density at radius 2 is 1.87 bits per heavy atom. The van der Waals surface area contributed by atoms with Gasteiger partial charge in [0.25, 0.3) is 5.88 Å². The number of ether oxygens (including phenoxy) is 3. The summed E-state index contributed by atoms with van der Waals surface area (Å²) in [7, 11) is 3.79. The summed E-state index contributed by atoms with van der Waals surface area (Å²) >= 11 is 1.52. The van der Waals surface area contributed by atoms with Crippen molar-refractivity contribution in [3.8, 4) is 17.4 Å². The summed E-state index contributed by atoms with van der Waals surface area (Å²) in [6, 6.07) is 7.78. The van der Waals surface area contributed by atoms with Crippen molar-refractivity contribution in [3.05, 3.63) is 36.0 Å². The third-order valence-corrected chi connectivity index (χ3v) is 5.09. The monoisotopic (exact) mass is 433 g/mol. The Kier molecular flexibility index (Phi) is 8.92. The largest absolute Gasteiger partial charge is 0.514 e. The van der Waals surface area contributed by atoms with Crippen molar-refractivity contribution < 1.29 is 19.0 Å². The van der Waals surface area contributed by atoms with Crippen molar-refractivity contribution >= 4 is 17.9 Å². The number of benzene rings is 1. The van der Waals surface area contributed by atoms with Gasteiger partial charge in [-0.15, -0.1) is 0 Å². The average Bonchev–Trinajstić information content (AvgIpc) is 2.67. The Morgan fingerprint density at radius 1 is 1.17 bits per heavy atom. The molecular weight excluding hydrogens is 402 g/mol. The number of nitrogens with zero attached hydrogens (tertiary/aromatic N) is 3. The molecule has 0 aliphatic rings. The minimum absolute atomic E-state index is 0.0436. The van der Waals surface area contributed by atoms with E-state index in [9.17, 15) is 4.79 Å². The Labute approximate surface area is 183 Å². The van der Waals surface area contributed by atoms with Gasteiger partial charge in [-0.25, -0.2) is 9.78 Å². The van der Waals surface area contributed by atoms with Crippen LogP contribution in [0.4, 0.5) is 4.79 Å². The van der Waals surface area contributed by atoms with Crippen LogP contribution in [-0.4, -0.2) is 54.0 Å². The average molecular weight is 434 g/mol. The third-order valence-electron chi connectivity index (χ3n) is 4.02. The van der Waals surface area contributed by atoms with E-state index in [2.05, 4.69) is 37.7 Å². The molecule has 1 aromatic heterocycles. The van der Waals surface area contributed by atoms with Crippen molar-refractivity contribution in [1.29, 1.82) is 0 Å². The number of carbonyl (C=O) groups is 1. The lowest BCUT2D eigenvalue weighted by Crippen LogP contribution is -2.21. The van der Waals surface area contributed by atoms with Crippen LogP contribution in [0.5, 0.6) is 17.4 Å². The van der Waals surface area contributed by atoms with E-state index in [0.717, 1.165) is 12.2 Å². The van der Waals surface area contributed by atoms with Gasteiger partial charge in [-0.1, -0.05) is 51.6 Å². The fourth-order valence-corrected chi connectivity index (χ4v) is 2.97. The third kappa shape index (κ3) is 7.84. The van der Waals surface area contributed by atoms with Gasteiger partial charge in [0.15, 0.2) is 5.16 Å². The molecule has 0 saturated heterocycles. The fraction of sp³-hybridized carbons (Fsp3) is 0.500. The highest BCUT2D eigenvalue weighted by atomic mass is 32.2. The van der Waals surface area contributed by atoms with Crippen molar-refractivity contribution in [2.75, 3.05) is 33.0 Å². The number of rotatable bonds is 9. The number of likely N-dealkylation sites (N-methyl/N-ethyl adjacent to an activating group) is 1. The Morgan fingerprint density at radius 3 is 2.47 bits per heavy atom. The second kappa shape index (κ2) is 11.2. The molecule has 8 heteroatoms. The first-order valence-electron chi connectivity index (χ1n) is 9.96. The highest BCUT2D eigenvalue weighted by molar-refractivity contribution is 7.99. The van der Waals surface area contributed by atoms with E-state index in [4.69, 9.17) is 14.2 Å². The Hall–Kier alpha value is -2.32. The smallest absolute Gasteiger partial charge is 0.436 e. The zero-order valence-corrected chi connectivity index (χ0v) is 19.4. The van der Waals surface area contributed by atoms with E-state index in [1.165, 1.54) is 23.5 Å². The van der Waals surface area contributed by atoms with E-state index in [0.29, 0.717) is 17.5 Å². The lowest BCUT2D eigenvalue weighted by Gasteiger charge is -2.19. The molecule has 0 spiro atoms. The standard InChI is InChI=1S/C22H31N3O4S/c1-7-14-30-20-23-15-18(29-21(26)27-13-12-25(5)6)19(24-20)28-17-10-8-16(9-11-17)22(2,3)4/h8-11,15H,7,12-14H2,1-6H3. The van der Waals surface area contributed by atoms with E-state index < -0.39 is 6.16 Å². The lowest BCUT2D eigenvalue weighted by atomic mass is 9.87. The normalized spacial score (nSPS) is 11.4. The van der Waals surface area contributed by atoms with Crippen LogP contribution < -0.4 is 9.47 Å². The van der Waals surface area contributed by atoms with Crippen LogP contribution >= 0.6 is 11.8 Å². The quantitative estimate of drug-likeness (QED) is 0.305. The minimum Gasteiger partial charge on any atom is -0.436 e.